The third-order valence-electron chi connectivity index (χ3n) is 2.96. The van der Waals surface area contributed by atoms with E-state index in [0.29, 0.717) is 11.3 Å². The van der Waals surface area contributed by atoms with Crippen molar-refractivity contribution in [3.8, 4) is 0 Å². The number of nitrogens with zero attached hydrogens (tertiary/aromatic N) is 3. The number of benzene rings is 2. The molecule has 0 unspecified atom stereocenters. The van der Waals surface area contributed by atoms with Crippen LogP contribution in [0, 0.1) is 10.1 Å². The van der Waals surface area contributed by atoms with Crippen LogP contribution < -0.4 is 0 Å². The molecule has 0 saturated carbocycles. The second-order valence-electron chi connectivity index (χ2n) is 4.80. The van der Waals surface area contributed by atoms with Crippen molar-refractivity contribution >= 4 is 23.0 Å². The highest BCUT2D eigenvalue weighted by Crippen LogP contribution is 2.15. The Bertz CT molecular complexity index is 707. The van der Waals surface area contributed by atoms with E-state index in [1.165, 1.54) is 24.3 Å². The van der Waals surface area contributed by atoms with Gasteiger partial charge in [0, 0.05) is 31.8 Å². The molecule has 2 aromatic carbocycles. The lowest BCUT2D eigenvalue weighted by Crippen LogP contribution is -2.30. The molecule has 112 valence electrons. The second-order valence-corrected chi connectivity index (χ2v) is 4.80. The molecule has 0 fully saturated rings. The molecule has 0 aliphatic rings. The number of non-ortho nitro benzene ring substituents is 1. The molecule has 22 heavy (non-hydrogen) atoms. The average Bonchev–Trinajstić information content (AvgIpc) is 2.53. The van der Waals surface area contributed by atoms with Crippen molar-refractivity contribution in [2.75, 3.05) is 14.1 Å². The number of likely N-dealkylation sites (N-methyl/N-ethyl adjacent to an activating group) is 1. The zero-order chi connectivity index (χ0) is 16.1. The van der Waals surface area contributed by atoms with Gasteiger partial charge in [-0.1, -0.05) is 18.2 Å². The molecular formula is C16H15N3O3. The van der Waals surface area contributed by atoms with Crippen molar-refractivity contribution in [2.45, 2.75) is 0 Å². The van der Waals surface area contributed by atoms with Crippen molar-refractivity contribution in [1.29, 1.82) is 0 Å². The molecule has 0 aromatic heterocycles. The fraction of sp³-hybridized carbons (Fsp3) is 0.125. The van der Waals surface area contributed by atoms with Gasteiger partial charge in [0.2, 0.25) is 5.78 Å². The van der Waals surface area contributed by atoms with Crippen molar-refractivity contribution in [3.63, 3.8) is 0 Å². The fourth-order valence-corrected chi connectivity index (χ4v) is 1.84. The molecule has 0 N–H and O–H groups in total. The predicted octanol–water partition coefficient (Wildman–Crippen LogP) is 3.07. The van der Waals surface area contributed by atoms with E-state index in [1.807, 2.05) is 18.2 Å². The first-order valence-electron chi connectivity index (χ1n) is 6.59. The Kier molecular flexibility index (Phi) is 4.63. The Morgan fingerprint density at radius 3 is 2.14 bits per heavy atom. The van der Waals surface area contributed by atoms with E-state index in [9.17, 15) is 14.9 Å². The predicted molar refractivity (Wildman–Crippen MR) is 84.7 cm³/mol. The van der Waals surface area contributed by atoms with Crippen LogP contribution in [0.3, 0.4) is 0 Å². The van der Waals surface area contributed by atoms with E-state index in [4.69, 9.17) is 0 Å². The number of para-hydroxylation sites is 1. The number of ketones is 1. The van der Waals surface area contributed by atoms with Crippen molar-refractivity contribution in [2.24, 2.45) is 4.99 Å². The summed E-state index contributed by atoms with van der Waals surface area (Å²) in [4.78, 5) is 28.7. The second kappa shape index (κ2) is 6.62. The fourth-order valence-electron chi connectivity index (χ4n) is 1.84. The molecule has 0 aliphatic heterocycles. The number of aliphatic imine (C=N–C) groups is 1. The summed E-state index contributed by atoms with van der Waals surface area (Å²) in [6, 6.07) is 14.6. The van der Waals surface area contributed by atoms with Gasteiger partial charge in [-0.05, 0) is 24.3 Å². The minimum absolute atomic E-state index is 0.0528. The lowest BCUT2D eigenvalue weighted by Gasteiger charge is -2.14. The molecule has 0 saturated heterocycles. The van der Waals surface area contributed by atoms with Crippen LogP contribution >= 0.6 is 0 Å². The molecule has 0 atom stereocenters. The van der Waals surface area contributed by atoms with Crippen LogP contribution in [-0.4, -0.2) is 35.5 Å². The van der Waals surface area contributed by atoms with Gasteiger partial charge in [-0.3, -0.25) is 14.9 Å². The standard InChI is InChI=1S/C16H15N3O3/c1-18(2)16(17-13-6-4-3-5-7-13)15(20)12-8-10-14(11-9-12)19(21)22/h3-11H,1-2H3. The molecule has 0 aliphatic carbocycles. The number of nitro benzene ring substituents is 1. The molecule has 6 nitrogen and oxygen atoms in total. The van der Waals surface area contributed by atoms with Crippen LogP contribution in [0.15, 0.2) is 59.6 Å². The van der Waals surface area contributed by atoms with E-state index >= 15 is 0 Å². The maximum atomic E-state index is 12.5. The first kappa shape index (κ1) is 15.4. The SMILES string of the molecule is CN(C)C(=Nc1ccccc1)C(=O)c1ccc([N+](=O)[O-])cc1. The molecule has 0 radical (unpaired) electrons. The summed E-state index contributed by atoms with van der Waals surface area (Å²) in [6.45, 7) is 0. The Balaban J connectivity index is 2.35. The normalized spacial score (nSPS) is 11.1. The van der Waals surface area contributed by atoms with Gasteiger partial charge in [0.15, 0.2) is 5.84 Å². The van der Waals surface area contributed by atoms with Crippen molar-refractivity contribution in [1.82, 2.24) is 4.90 Å². The quantitative estimate of drug-likeness (QED) is 0.286. The summed E-state index contributed by atoms with van der Waals surface area (Å²) in [5.74, 6) is -0.0243. The zero-order valence-electron chi connectivity index (χ0n) is 12.3. The molecule has 0 bridgehead atoms. The van der Waals surface area contributed by atoms with Crippen molar-refractivity contribution in [3.05, 3.63) is 70.3 Å². The summed E-state index contributed by atoms with van der Waals surface area (Å²) < 4.78 is 0. The smallest absolute Gasteiger partial charge is 0.269 e. The monoisotopic (exact) mass is 297 g/mol. The molecular weight excluding hydrogens is 282 g/mol. The summed E-state index contributed by atoms with van der Waals surface area (Å²) in [6.07, 6.45) is 0. The number of rotatable bonds is 4. The maximum absolute atomic E-state index is 12.5. The number of hydrogen-bond donors (Lipinski definition) is 0. The average molecular weight is 297 g/mol. The van der Waals surface area contributed by atoms with E-state index < -0.39 is 4.92 Å². The summed E-state index contributed by atoms with van der Waals surface area (Å²) in [5.41, 5.74) is 0.971. The summed E-state index contributed by atoms with van der Waals surface area (Å²) in [5, 5.41) is 10.7. The topological polar surface area (TPSA) is 75.8 Å². The van der Waals surface area contributed by atoms with Crippen LogP contribution in [0.5, 0.6) is 0 Å². The highest BCUT2D eigenvalue weighted by Gasteiger charge is 2.17. The van der Waals surface area contributed by atoms with Gasteiger partial charge in [-0.2, -0.15) is 0 Å². The third-order valence-corrected chi connectivity index (χ3v) is 2.96. The largest absolute Gasteiger partial charge is 0.359 e. The van der Waals surface area contributed by atoms with Gasteiger partial charge in [0.1, 0.15) is 0 Å². The van der Waals surface area contributed by atoms with Gasteiger partial charge in [0.25, 0.3) is 5.69 Å². The van der Waals surface area contributed by atoms with Gasteiger partial charge < -0.3 is 4.90 Å². The van der Waals surface area contributed by atoms with Gasteiger partial charge in [-0.25, -0.2) is 4.99 Å². The number of nitro groups is 1. The van der Waals surface area contributed by atoms with E-state index in [2.05, 4.69) is 4.99 Å². The number of carbonyl (C=O) groups is 1. The lowest BCUT2D eigenvalue weighted by atomic mass is 10.1. The first-order valence-corrected chi connectivity index (χ1v) is 6.59. The molecule has 6 heteroatoms. The van der Waals surface area contributed by atoms with Crippen LogP contribution in [-0.2, 0) is 0 Å². The number of carbonyl (C=O) groups excluding carboxylic acids is 1. The zero-order valence-corrected chi connectivity index (χ0v) is 12.3. The first-order chi connectivity index (χ1) is 10.5. The minimum Gasteiger partial charge on any atom is -0.359 e. The lowest BCUT2D eigenvalue weighted by molar-refractivity contribution is -0.384. The summed E-state index contributed by atoms with van der Waals surface area (Å²) >= 11 is 0. The molecule has 0 heterocycles. The highest BCUT2D eigenvalue weighted by molar-refractivity contribution is 6.45. The number of hydrogen-bond acceptors (Lipinski definition) is 4. The minimum atomic E-state index is -0.501. The Hall–Kier alpha value is -3.02. The molecule has 0 spiro atoms. The number of Topliss-reactive ketones (excluding diaryl/α,β-unsaturated/α-hetero) is 1. The van der Waals surface area contributed by atoms with Crippen molar-refractivity contribution < 1.29 is 9.72 Å². The molecule has 0 amide bonds. The van der Waals surface area contributed by atoms with Gasteiger partial charge in [-0.15, -0.1) is 0 Å². The van der Waals surface area contributed by atoms with Gasteiger partial charge >= 0.3 is 0 Å². The van der Waals surface area contributed by atoms with Gasteiger partial charge in [0.05, 0.1) is 10.6 Å². The van der Waals surface area contributed by atoms with Crippen LogP contribution in [0.2, 0.25) is 0 Å². The molecule has 2 rings (SSSR count). The summed E-state index contributed by atoms with van der Waals surface area (Å²) in [7, 11) is 3.45. The Morgan fingerprint density at radius 1 is 1.05 bits per heavy atom. The highest BCUT2D eigenvalue weighted by atomic mass is 16.6. The molecule has 2 aromatic rings. The van der Waals surface area contributed by atoms with E-state index in [-0.39, 0.29) is 17.3 Å². The van der Waals surface area contributed by atoms with Crippen LogP contribution in [0.25, 0.3) is 0 Å². The Morgan fingerprint density at radius 2 is 1.64 bits per heavy atom. The number of amidine groups is 1. The Labute approximate surface area is 127 Å². The third kappa shape index (κ3) is 3.54. The maximum Gasteiger partial charge on any atom is 0.269 e. The van der Waals surface area contributed by atoms with Crippen LogP contribution in [0.4, 0.5) is 11.4 Å². The van der Waals surface area contributed by atoms with E-state index in [1.54, 1.807) is 31.1 Å². The van der Waals surface area contributed by atoms with E-state index in [0.717, 1.165) is 0 Å². The van der Waals surface area contributed by atoms with Crippen LogP contribution in [0.1, 0.15) is 10.4 Å².